The Balaban J connectivity index is 2.35. The average molecular weight is 362 g/mol. The Morgan fingerprint density at radius 2 is 2.00 bits per heavy atom. The number of nitrogens with zero attached hydrogens (tertiary/aromatic N) is 3. The highest BCUT2D eigenvalue weighted by Crippen LogP contribution is 2.29. The predicted octanol–water partition coefficient (Wildman–Crippen LogP) is 3.95. The van der Waals surface area contributed by atoms with Crippen LogP contribution < -0.4 is 4.90 Å². The van der Waals surface area contributed by atoms with Gasteiger partial charge in [-0.05, 0) is 25.0 Å². The molecule has 0 radical (unpaired) electrons. The van der Waals surface area contributed by atoms with E-state index >= 15 is 0 Å². The maximum absolute atomic E-state index is 12.6. The summed E-state index contributed by atoms with van der Waals surface area (Å²) in [6.07, 6.45) is -4.36. The normalized spacial score (nSPS) is 12.9. The molecule has 1 aromatic heterocycles. The van der Waals surface area contributed by atoms with Gasteiger partial charge >= 0.3 is 12.1 Å². The lowest BCUT2D eigenvalue weighted by Crippen LogP contribution is -2.36. The summed E-state index contributed by atoms with van der Waals surface area (Å²) in [7, 11) is 0. The summed E-state index contributed by atoms with van der Waals surface area (Å²) in [5.41, 5.74) is 1.29. The molecule has 0 aliphatic carbocycles. The van der Waals surface area contributed by atoms with E-state index in [0.29, 0.717) is 12.1 Å². The SMILES string of the molecule is CCC(Cl)C(=O)N(Cc1nnc(C(F)(F)F)o1)c1ccccc1C. The Kier molecular flexibility index (Phi) is 5.48. The van der Waals surface area contributed by atoms with Crippen LogP contribution in [0.3, 0.4) is 0 Å². The second kappa shape index (κ2) is 7.21. The minimum Gasteiger partial charge on any atom is -0.415 e. The van der Waals surface area contributed by atoms with Crippen LogP contribution in [-0.2, 0) is 17.5 Å². The summed E-state index contributed by atoms with van der Waals surface area (Å²) >= 11 is 6.02. The summed E-state index contributed by atoms with van der Waals surface area (Å²) in [6, 6.07) is 6.95. The van der Waals surface area contributed by atoms with Crippen molar-refractivity contribution in [2.45, 2.75) is 38.4 Å². The molecule has 24 heavy (non-hydrogen) atoms. The fourth-order valence-corrected chi connectivity index (χ4v) is 2.18. The van der Waals surface area contributed by atoms with Gasteiger partial charge in [0.2, 0.25) is 11.8 Å². The van der Waals surface area contributed by atoms with E-state index in [1.807, 2.05) is 0 Å². The fourth-order valence-electron chi connectivity index (χ4n) is 2.06. The molecule has 0 fully saturated rings. The standard InChI is InChI=1S/C15H15ClF3N3O2/c1-3-10(16)13(23)22(11-7-5-4-6-9(11)2)8-12-20-21-14(24-12)15(17,18)19/h4-7,10H,3,8H2,1-2H3. The average Bonchev–Trinajstić information content (AvgIpc) is 3.01. The van der Waals surface area contributed by atoms with Gasteiger partial charge in [0.1, 0.15) is 11.9 Å². The van der Waals surface area contributed by atoms with Crippen molar-refractivity contribution < 1.29 is 22.4 Å². The van der Waals surface area contributed by atoms with Crippen LogP contribution in [0, 0.1) is 6.92 Å². The van der Waals surface area contributed by atoms with Crippen molar-refractivity contribution in [1.82, 2.24) is 10.2 Å². The number of hydrogen-bond donors (Lipinski definition) is 0. The largest absolute Gasteiger partial charge is 0.470 e. The number of aromatic nitrogens is 2. The van der Waals surface area contributed by atoms with Gasteiger partial charge in [-0.25, -0.2) is 0 Å². The molecule has 0 N–H and O–H groups in total. The number of carbonyl (C=O) groups is 1. The van der Waals surface area contributed by atoms with Crippen LogP contribution in [-0.4, -0.2) is 21.5 Å². The zero-order valence-electron chi connectivity index (χ0n) is 13.0. The molecule has 0 saturated heterocycles. The van der Waals surface area contributed by atoms with Crippen LogP contribution >= 0.6 is 11.6 Å². The number of benzene rings is 1. The minimum atomic E-state index is -4.73. The Morgan fingerprint density at radius 3 is 2.54 bits per heavy atom. The molecule has 9 heteroatoms. The smallest absolute Gasteiger partial charge is 0.415 e. The number of aryl methyl sites for hydroxylation is 1. The Labute approximate surface area is 141 Å². The summed E-state index contributed by atoms with van der Waals surface area (Å²) in [5.74, 6) is -2.22. The number of anilines is 1. The van der Waals surface area contributed by atoms with Crippen LogP contribution in [0.2, 0.25) is 0 Å². The summed E-state index contributed by atoms with van der Waals surface area (Å²) in [6.45, 7) is 3.22. The lowest BCUT2D eigenvalue weighted by molar-refractivity contribution is -0.157. The molecule has 0 spiro atoms. The lowest BCUT2D eigenvalue weighted by atomic mass is 10.1. The second-order valence-electron chi connectivity index (χ2n) is 5.09. The number of para-hydroxylation sites is 1. The first-order chi connectivity index (χ1) is 11.2. The van der Waals surface area contributed by atoms with Crippen LogP contribution in [0.5, 0.6) is 0 Å². The maximum atomic E-state index is 12.6. The van der Waals surface area contributed by atoms with Crippen molar-refractivity contribution in [3.05, 3.63) is 41.6 Å². The quantitative estimate of drug-likeness (QED) is 0.757. The zero-order chi connectivity index (χ0) is 17.9. The number of carbonyl (C=O) groups excluding carboxylic acids is 1. The van der Waals surface area contributed by atoms with Gasteiger partial charge in [0.25, 0.3) is 0 Å². The molecule has 5 nitrogen and oxygen atoms in total. The monoisotopic (exact) mass is 361 g/mol. The van der Waals surface area contributed by atoms with Crippen LogP contribution in [0.4, 0.5) is 18.9 Å². The Morgan fingerprint density at radius 1 is 1.33 bits per heavy atom. The van der Waals surface area contributed by atoms with E-state index in [0.717, 1.165) is 5.56 Å². The maximum Gasteiger partial charge on any atom is 0.470 e. The van der Waals surface area contributed by atoms with Gasteiger partial charge in [0.05, 0.1) is 0 Å². The molecule has 130 valence electrons. The van der Waals surface area contributed by atoms with Crippen molar-refractivity contribution in [2.24, 2.45) is 0 Å². The Hall–Kier alpha value is -2.09. The Bertz CT molecular complexity index is 718. The number of rotatable bonds is 5. The number of hydrogen-bond acceptors (Lipinski definition) is 4. The lowest BCUT2D eigenvalue weighted by Gasteiger charge is -2.24. The van der Waals surface area contributed by atoms with Gasteiger partial charge in [-0.15, -0.1) is 21.8 Å². The molecular weight excluding hydrogens is 347 g/mol. The third kappa shape index (κ3) is 4.05. The number of alkyl halides is 4. The van der Waals surface area contributed by atoms with E-state index in [4.69, 9.17) is 11.6 Å². The molecule has 0 bridgehead atoms. The number of amides is 1. The van der Waals surface area contributed by atoms with Crippen molar-refractivity contribution in [2.75, 3.05) is 4.90 Å². The highest BCUT2D eigenvalue weighted by molar-refractivity contribution is 6.32. The summed E-state index contributed by atoms with van der Waals surface area (Å²) < 4.78 is 42.3. The molecule has 0 saturated carbocycles. The summed E-state index contributed by atoms with van der Waals surface area (Å²) in [5, 5.41) is 5.53. The molecule has 2 aromatic rings. The molecule has 1 heterocycles. The first-order valence-corrected chi connectivity index (χ1v) is 7.58. The third-order valence-corrected chi connectivity index (χ3v) is 3.80. The second-order valence-corrected chi connectivity index (χ2v) is 5.61. The van der Waals surface area contributed by atoms with Crippen molar-refractivity contribution in [3.63, 3.8) is 0 Å². The van der Waals surface area contributed by atoms with Gasteiger partial charge in [-0.3, -0.25) is 4.79 Å². The third-order valence-electron chi connectivity index (χ3n) is 3.30. The van der Waals surface area contributed by atoms with Gasteiger partial charge in [0.15, 0.2) is 0 Å². The molecule has 2 rings (SSSR count). The topological polar surface area (TPSA) is 59.2 Å². The van der Waals surface area contributed by atoms with E-state index in [9.17, 15) is 18.0 Å². The van der Waals surface area contributed by atoms with Gasteiger partial charge in [-0.2, -0.15) is 13.2 Å². The molecule has 1 aromatic carbocycles. The predicted molar refractivity (Wildman–Crippen MR) is 81.6 cm³/mol. The minimum absolute atomic E-state index is 0.296. The van der Waals surface area contributed by atoms with E-state index in [2.05, 4.69) is 14.6 Å². The number of halogens is 4. The highest BCUT2D eigenvalue weighted by atomic mass is 35.5. The van der Waals surface area contributed by atoms with E-state index in [1.165, 1.54) is 4.90 Å². The fraction of sp³-hybridized carbons (Fsp3) is 0.400. The highest BCUT2D eigenvalue weighted by Gasteiger charge is 2.38. The molecular formula is C15H15ClF3N3O2. The van der Waals surface area contributed by atoms with E-state index < -0.39 is 23.4 Å². The zero-order valence-corrected chi connectivity index (χ0v) is 13.7. The molecule has 0 aliphatic rings. The van der Waals surface area contributed by atoms with Gasteiger partial charge in [0, 0.05) is 5.69 Å². The van der Waals surface area contributed by atoms with Crippen molar-refractivity contribution >= 4 is 23.2 Å². The van der Waals surface area contributed by atoms with Gasteiger partial charge < -0.3 is 9.32 Å². The first kappa shape index (κ1) is 18.3. The van der Waals surface area contributed by atoms with Crippen LogP contribution in [0.1, 0.15) is 30.7 Å². The first-order valence-electron chi connectivity index (χ1n) is 7.14. The molecule has 0 aliphatic heterocycles. The van der Waals surface area contributed by atoms with Crippen LogP contribution in [0.15, 0.2) is 28.7 Å². The molecule has 1 unspecified atom stereocenters. The van der Waals surface area contributed by atoms with E-state index in [1.54, 1.807) is 38.1 Å². The van der Waals surface area contributed by atoms with Crippen molar-refractivity contribution in [1.29, 1.82) is 0 Å². The van der Waals surface area contributed by atoms with Gasteiger partial charge in [-0.1, -0.05) is 25.1 Å². The van der Waals surface area contributed by atoms with Crippen molar-refractivity contribution in [3.8, 4) is 0 Å². The van der Waals surface area contributed by atoms with Crippen LogP contribution in [0.25, 0.3) is 0 Å². The summed E-state index contributed by atoms with van der Waals surface area (Å²) in [4.78, 5) is 13.8. The molecule has 1 amide bonds. The molecule has 1 atom stereocenters. The van der Waals surface area contributed by atoms with E-state index in [-0.39, 0.29) is 12.4 Å².